The Morgan fingerprint density at radius 3 is 0.914 bits per heavy atom. The number of aliphatic hydroxyl groups is 4. The van der Waals surface area contributed by atoms with Crippen LogP contribution in [0.4, 0.5) is 0 Å². The number of allylic oxidation sites excluding steroid dienone is 13. The number of hydrogen-bond acceptors (Lipinski definition) is 11. The van der Waals surface area contributed by atoms with Gasteiger partial charge in [0, 0.05) is 7.11 Å². The fourth-order valence-electron chi connectivity index (χ4n) is 21.2. The number of carbonyl (C=O) groups is 1. The molecule has 0 amide bonds. The molecule has 0 spiro atoms. The molecule has 5 N–H and O–H groups in total. The quantitative estimate of drug-likeness (QED) is 0.0169. The summed E-state index contributed by atoms with van der Waals surface area (Å²) in [5, 5.41) is 44.7. The van der Waals surface area contributed by atoms with Crippen molar-refractivity contribution < 1.29 is 57.9 Å². The number of carbonyl (C=O) groups excluding carboxylic acids is 1. The first-order valence-electron chi connectivity index (χ1n) is 60.9. The van der Waals surface area contributed by atoms with E-state index in [2.05, 4.69) is 106 Å². The van der Waals surface area contributed by atoms with Gasteiger partial charge in [-0.2, -0.15) is 0 Å². The van der Waals surface area contributed by atoms with E-state index < -0.39 is 63.1 Å². The summed E-state index contributed by atoms with van der Waals surface area (Å²) in [7, 11) is -2.91. The molecule has 139 heavy (non-hydrogen) atoms. The molecule has 12 atom stereocenters. The van der Waals surface area contributed by atoms with Gasteiger partial charge >= 0.3 is 13.8 Å². The Hall–Kier alpha value is -2.48. The van der Waals surface area contributed by atoms with Crippen LogP contribution >= 0.6 is 7.82 Å². The highest BCUT2D eigenvalue weighted by Crippen LogP contribution is 2.48. The van der Waals surface area contributed by atoms with E-state index in [0.29, 0.717) is 24.9 Å². The highest BCUT2D eigenvalue weighted by Gasteiger charge is 2.48. The van der Waals surface area contributed by atoms with Crippen LogP contribution in [0.2, 0.25) is 0 Å². The number of phosphoric ester groups is 1. The van der Waals surface area contributed by atoms with Crippen molar-refractivity contribution >= 4 is 13.8 Å². The molecule has 1 heterocycles. The fourth-order valence-corrected chi connectivity index (χ4v) is 22.0. The number of phosphoric acid groups is 1. The van der Waals surface area contributed by atoms with Gasteiger partial charge in [0.05, 0.1) is 24.7 Å². The lowest BCUT2D eigenvalue weighted by molar-refractivity contribution is -0.282. The van der Waals surface area contributed by atoms with Crippen LogP contribution in [0.5, 0.6) is 0 Å². The van der Waals surface area contributed by atoms with E-state index in [9.17, 15) is 34.7 Å². The number of aliphatic hydroxyl groups excluding tert-OH is 4. The van der Waals surface area contributed by atoms with Gasteiger partial charge in [0.15, 0.2) is 6.29 Å². The van der Waals surface area contributed by atoms with Crippen LogP contribution in [-0.2, 0) is 32.6 Å². The summed E-state index contributed by atoms with van der Waals surface area (Å²) in [5.41, 5.74) is 9.52. The van der Waals surface area contributed by atoms with Crippen LogP contribution < -0.4 is 0 Å². The van der Waals surface area contributed by atoms with Gasteiger partial charge in [-0.05, 0) is 182 Å². The summed E-state index contributed by atoms with van der Waals surface area (Å²) in [6.45, 7) is 23.7. The lowest BCUT2D eigenvalue weighted by atomic mass is 9.91. The second kappa shape index (κ2) is 95.2. The molecule has 12 nitrogen and oxygen atoms in total. The molecule has 13 heteroatoms. The highest BCUT2D eigenvalue weighted by atomic mass is 31.2. The minimum Gasteiger partial charge on any atom is -0.463 e. The standard InChI is InChI=1S/C126H235O12P/c1-13-15-17-19-21-23-25-27-29-31-32-33-34-35-36-40-47-53-59-65-71-77-101-118(125(131)135-107-121-122(128)123(129)124(130)126(137-121)138-139(132,133)136-105-104-114(10)97-85-96-113(9)95-84-94-112(8)93-83-92-111(7)91-82-90-110(6)89-81-88-109(5)87-80-86-108(3)4)119(127)102-78-72-66-60-54-48-41-37-39-45-51-57-63-69-75-99-116-106-117(116)100-76-70-64-58-52-46-42-43-49-55-61-67-73-79-103-120(134-12)115(11)98-74-68-62-56-50-44-38-30-28-26-24-22-20-18-16-14-2/h86,88,90,92,94,96,104,115-124,126-130H,13-85,87,89,91,93,95,97-103,105-107H2,1-12H3,(H,132,133)/b109-88+,110-90+,111-92+,112-94+,113-96+,114-104+/t115?,116?,117?,118?,119-,120?,121-,122-,123+,124+,126-/m1/s1. The zero-order valence-electron chi connectivity index (χ0n) is 94.2. The van der Waals surface area contributed by atoms with Gasteiger partial charge in [-0.15, -0.1) is 0 Å². The normalized spacial score (nSPS) is 18.8. The molecular weight excluding hydrogens is 1740 g/mol. The Bertz CT molecular complexity index is 3030. The molecule has 1 aliphatic heterocycles. The van der Waals surface area contributed by atoms with Gasteiger partial charge < -0.3 is 39.5 Å². The van der Waals surface area contributed by atoms with Crippen LogP contribution in [0.15, 0.2) is 81.5 Å². The van der Waals surface area contributed by atoms with E-state index in [0.717, 1.165) is 139 Å². The molecule has 0 aromatic rings. The summed E-state index contributed by atoms with van der Waals surface area (Å²) in [6, 6.07) is 0. The molecule has 2 aliphatic rings. The van der Waals surface area contributed by atoms with E-state index in [1.165, 1.54) is 451 Å². The van der Waals surface area contributed by atoms with Gasteiger partial charge in [-0.3, -0.25) is 13.8 Å². The third-order valence-corrected chi connectivity index (χ3v) is 32.2. The lowest BCUT2D eigenvalue weighted by Crippen LogP contribution is -2.59. The van der Waals surface area contributed by atoms with Crippen molar-refractivity contribution in [1.82, 2.24) is 0 Å². The fraction of sp³-hybridized carbons (Fsp3) is 0.881. The van der Waals surface area contributed by atoms with Crippen LogP contribution in [0.25, 0.3) is 0 Å². The number of unbranched alkanes of at least 4 members (excludes halogenated alkanes) is 63. The first kappa shape index (κ1) is 133. The Morgan fingerprint density at radius 2 is 0.612 bits per heavy atom. The van der Waals surface area contributed by atoms with E-state index in [-0.39, 0.29) is 6.61 Å². The zero-order valence-corrected chi connectivity index (χ0v) is 95.1. The van der Waals surface area contributed by atoms with Crippen molar-refractivity contribution in [2.45, 2.75) is 671 Å². The van der Waals surface area contributed by atoms with Crippen LogP contribution in [0.1, 0.15) is 628 Å². The Morgan fingerprint density at radius 1 is 0.345 bits per heavy atom. The molecule has 0 aromatic carbocycles. The average Bonchev–Trinajstić information content (AvgIpc) is 1.45. The Balaban J connectivity index is 1.63. The lowest BCUT2D eigenvalue weighted by Gasteiger charge is -2.40. The second-order valence-electron chi connectivity index (χ2n) is 45.2. The first-order valence-corrected chi connectivity index (χ1v) is 62.4. The topological polar surface area (TPSA) is 181 Å². The van der Waals surface area contributed by atoms with Gasteiger partial charge in [0.25, 0.3) is 0 Å². The van der Waals surface area contributed by atoms with Crippen molar-refractivity contribution in [3.8, 4) is 0 Å². The highest BCUT2D eigenvalue weighted by molar-refractivity contribution is 7.47. The molecule has 1 saturated heterocycles. The van der Waals surface area contributed by atoms with Crippen LogP contribution in [-0.4, -0.2) is 94.5 Å². The maximum atomic E-state index is 14.1. The predicted molar refractivity (Wildman–Crippen MR) is 601 cm³/mol. The maximum absolute atomic E-state index is 14.1. The van der Waals surface area contributed by atoms with Crippen molar-refractivity contribution in [2.24, 2.45) is 23.7 Å². The van der Waals surface area contributed by atoms with Gasteiger partial charge in [0.1, 0.15) is 31.0 Å². The van der Waals surface area contributed by atoms with Gasteiger partial charge in [0.2, 0.25) is 0 Å². The van der Waals surface area contributed by atoms with Gasteiger partial charge in [-0.1, -0.05) is 545 Å². The molecular formula is C126H235O12P. The molecule has 816 valence electrons. The molecule has 1 saturated carbocycles. The van der Waals surface area contributed by atoms with E-state index in [1.54, 1.807) is 6.08 Å². The number of rotatable bonds is 104. The van der Waals surface area contributed by atoms with Crippen molar-refractivity contribution in [3.05, 3.63) is 81.5 Å². The zero-order chi connectivity index (χ0) is 101. The predicted octanol–water partition coefficient (Wildman–Crippen LogP) is 39.6. The molecule has 0 aromatic heterocycles. The molecule has 6 unspecified atom stereocenters. The number of hydrogen-bond donors (Lipinski definition) is 5. The number of esters is 1. The van der Waals surface area contributed by atoms with Gasteiger partial charge in [-0.25, -0.2) is 4.57 Å². The molecule has 2 rings (SSSR count). The van der Waals surface area contributed by atoms with E-state index >= 15 is 0 Å². The summed E-state index contributed by atoms with van der Waals surface area (Å²) in [4.78, 5) is 24.9. The van der Waals surface area contributed by atoms with Crippen molar-refractivity contribution in [3.63, 3.8) is 0 Å². The molecule has 2 fully saturated rings. The Labute approximate surface area is 863 Å². The number of ether oxygens (including phenoxy) is 3. The van der Waals surface area contributed by atoms with Crippen molar-refractivity contribution in [2.75, 3.05) is 20.3 Å². The average molecular weight is 1970 g/mol. The molecule has 1 aliphatic carbocycles. The molecule has 0 radical (unpaired) electrons. The first-order chi connectivity index (χ1) is 67.6. The summed E-state index contributed by atoms with van der Waals surface area (Å²) in [5.74, 6) is 1.38. The van der Waals surface area contributed by atoms with Crippen molar-refractivity contribution in [1.29, 1.82) is 0 Å². The smallest absolute Gasteiger partial charge is 0.463 e. The largest absolute Gasteiger partial charge is 0.474 e. The second-order valence-corrected chi connectivity index (χ2v) is 46.6. The maximum Gasteiger partial charge on any atom is 0.474 e. The van der Waals surface area contributed by atoms with E-state index in [4.69, 9.17) is 23.3 Å². The van der Waals surface area contributed by atoms with Crippen LogP contribution in [0.3, 0.4) is 0 Å². The minimum atomic E-state index is -4.86. The number of methoxy groups -OCH3 is 1. The monoisotopic (exact) mass is 1970 g/mol. The Kier molecular flexibility index (Phi) is 90.8. The summed E-state index contributed by atoms with van der Waals surface area (Å²) in [6.07, 6.45) is 118. The third kappa shape index (κ3) is 82.1. The third-order valence-electron chi connectivity index (χ3n) is 31.3. The summed E-state index contributed by atoms with van der Waals surface area (Å²) >= 11 is 0. The van der Waals surface area contributed by atoms with E-state index in [1.807, 2.05) is 14.0 Å². The molecule has 0 bridgehead atoms. The summed E-state index contributed by atoms with van der Waals surface area (Å²) < 4.78 is 41.5. The van der Waals surface area contributed by atoms with Crippen LogP contribution in [0, 0.1) is 23.7 Å². The minimum absolute atomic E-state index is 0.245. The SMILES string of the molecule is CCCCCCCCCCCCCCCCCCCCCCCCC(C(=O)OC[C@H]1O[C@H](OP(=O)(O)OC/C=C(\C)CC/C=C(\C)CC/C=C(\C)CC/C=C(\C)CC/C=C(\C)CC/C=C(\C)CCC=C(C)C)[C@@H](O)[C@@H](O)[C@@H]1O)[C@H](O)CCCCCCCCCCCCCCCCCC1CC1CCCCCCCCCCCCCCCCC(OC)C(C)CCCCCCCCCCCCCCCCCC.